The summed E-state index contributed by atoms with van der Waals surface area (Å²) in [5.74, 6) is 2.53. The van der Waals surface area contributed by atoms with Crippen LogP contribution in [0.2, 0.25) is 0 Å². The minimum absolute atomic E-state index is 0.280. The van der Waals surface area contributed by atoms with Gasteiger partial charge in [-0.3, -0.25) is 0 Å². The predicted octanol–water partition coefficient (Wildman–Crippen LogP) is 2.83. The van der Waals surface area contributed by atoms with Crippen LogP contribution in [-0.2, 0) is 0 Å². The molecule has 1 aromatic rings. The van der Waals surface area contributed by atoms with Crippen LogP contribution in [0, 0.1) is 0 Å². The Morgan fingerprint density at radius 2 is 2.18 bits per heavy atom. The van der Waals surface area contributed by atoms with Crippen LogP contribution in [0.4, 0.5) is 0 Å². The lowest BCUT2D eigenvalue weighted by Gasteiger charge is -2.21. The van der Waals surface area contributed by atoms with Crippen molar-refractivity contribution in [2.75, 3.05) is 6.54 Å². The monoisotopic (exact) mass is 237 g/mol. The summed E-state index contributed by atoms with van der Waals surface area (Å²) in [5, 5.41) is 7.58. The molecular formula is C13H23N3O. The average molecular weight is 237 g/mol. The minimum Gasteiger partial charge on any atom is -0.339 e. The molecule has 1 N–H and O–H groups in total. The first-order valence-corrected chi connectivity index (χ1v) is 6.79. The van der Waals surface area contributed by atoms with Crippen LogP contribution in [0.15, 0.2) is 4.52 Å². The molecule has 1 fully saturated rings. The van der Waals surface area contributed by atoms with E-state index in [9.17, 15) is 0 Å². The smallest absolute Gasteiger partial charge is 0.231 e. The fourth-order valence-corrected chi connectivity index (χ4v) is 2.03. The van der Waals surface area contributed by atoms with E-state index in [1.807, 2.05) is 0 Å². The lowest BCUT2D eigenvalue weighted by atomic mass is 9.85. The summed E-state index contributed by atoms with van der Waals surface area (Å²) >= 11 is 0. The van der Waals surface area contributed by atoms with E-state index in [1.165, 1.54) is 19.3 Å². The molecule has 0 aromatic carbocycles. The Hall–Kier alpha value is -0.900. The molecule has 96 valence electrons. The van der Waals surface area contributed by atoms with Crippen LogP contribution >= 0.6 is 0 Å². The van der Waals surface area contributed by atoms with Crippen molar-refractivity contribution in [3.05, 3.63) is 11.7 Å². The highest BCUT2D eigenvalue weighted by molar-refractivity contribution is 5.03. The van der Waals surface area contributed by atoms with Gasteiger partial charge in [-0.1, -0.05) is 25.4 Å². The molecule has 0 amide bonds. The molecule has 17 heavy (non-hydrogen) atoms. The second-order valence-corrected chi connectivity index (χ2v) is 5.15. The molecule has 4 nitrogen and oxygen atoms in total. The molecule has 0 aliphatic heterocycles. The van der Waals surface area contributed by atoms with Crippen molar-refractivity contribution < 1.29 is 4.52 Å². The van der Waals surface area contributed by atoms with Crippen LogP contribution in [0.5, 0.6) is 0 Å². The number of nitrogens with zero attached hydrogens (tertiary/aromatic N) is 2. The minimum atomic E-state index is 0.280. The topological polar surface area (TPSA) is 51.0 Å². The van der Waals surface area contributed by atoms with Gasteiger partial charge in [-0.2, -0.15) is 4.98 Å². The standard InChI is InChI=1S/C13H23N3O/c1-4-8-14-10(3)9(2)13-15-12(16-17-13)11-6-5-7-11/h9-11,14H,4-8H2,1-3H3. The van der Waals surface area contributed by atoms with Gasteiger partial charge in [-0.05, 0) is 32.7 Å². The fourth-order valence-electron chi connectivity index (χ4n) is 2.03. The lowest BCUT2D eigenvalue weighted by molar-refractivity contribution is 0.319. The van der Waals surface area contributed by atoms with Crippen LogP contribution < -0.4 is 5.32 Å². The molecule has 1 saturated carbocycles. The first-order valence-electron chi connectivity index (χ1n) is 6.79. The Labute approximate surface area is 103 Å². The molecule has 2 rings (SSSR count). The third-order valence-electron chi connectivity index (χ3n) is 3.78. The van der Waals surface area contributed by atoms with Crippen LogP contribution in [0.25, 0.3) is 0 Å². The van der Waals surface area contributed by atoms with Crippen molar-refractivity contribution >= 4 is 0 Å². The zero-order valence-electron chi connectivity index (χ0n) is 11.1. The van der Waals surface area contributed by atoms with E-state index in [0.717, 1.165) is 24.7 Å². The maximum Gasteiger partial charge on any atom is 0.231 e. The summed E-state index contributed by atoms with van der Waals surface area (Å²) < 4.78 is 5.38. The third kappa shape index (κ3) is 2.86. The predicted molar refractivity (Wildman–Crippen MR) is 67.1 cm³/mol. The van der Waals surface area contributed by atoms with Gasteiger partial charge in [-0.15, -0.1) is 0 Å². The molecule has 1 aliphatic carbocycles. The second-order valence-electron chi connectivity index (χ2n) is 5.15. The second kappa shape index (κ2) is 5.63. The fraction of sp³-hybridized carbons (Fsp3) is 0.846. The molecule has 1 heterocycles. The Kier molecular flexibility index (Phi) is 4.15. The van der Waals surface area contributed by atoms with Gasteiger partial charge in [0.15, 0.2) is 5.82 Å². The largest absolute Gasteiger partial charge is 0.339 e. The van der Waals surface area contributed by atoms with Crippen molar-refractivity contribution in [3.8, 4) is 0 Å². The van der Waals surface area contributed by atoms with Gasteiger partial charge >= 0.3 is 0 Å². The Morgan fingerprint density at radius 1 is 1.41 bits per heavy atom. The van der Waals surface area contributed by atoms with E-state index in [1.54, 1.807) is 0 Å². The Balaban J connectivity index is 1.93. The van der Waals surface area contributed by atoms with E-state index in [4.69, 9.17) is 4.52 Å². The lowest BCUT2D eigenvalue weighted by Crippen LogP contribution is -2.31. The number of hydrogen-bond acceptors (Lipinski definition) is 4. The number of hydrogen-bond donors (Lipinski definition) is 1. The van der Waals surface area contributed by atoms with Crippen molar-refractivity contribution in [3.63, 3.8) is 0 Å². The molecule has 0 saturated heterocycles. The highest BCUT2D eigenvalue weighted by atomic mass is 16.5. The zero-order valence-corrected chi connectivity index (χ0v) is 11.1. The van der Waals surface area contributed by atoms with E-state index < -0.39 is 0 Å². The summed E-state index contributed by atoms with van der Waals surface area (Å²) in [7, 11) is 0. The van der Waals surface area contributed by atoms with Gasteiger partial charge in [0, 0.05) is 12.0 Å². The zero-order chi connectivity index (χ0) is 12.3. The quantitative estimate of drug-likeness (QED) is 0.826. The summed E-state index contributed by atoms with van der Waals surface area (Å²) in [4.78, 5) is 4.54. The molecular weight excluding hydrogens is 214 g/mol. The maximum atomic E-state index is 5.38. The first kappa shape index (κ1) is 12.6. The van der Waals surface area contributed by atoms with Gasteiger partial charge in [0.2, 0.25) is 5.89 Å². The first-order chi connectivity index (χ1) is 8.22. The average Bonchev–Trinajstić information content (AvgIpc) is 2.71. The summed E-state index contributed by atoms with van der Waals surface area (Å²) in [6.07, 6.45) is 4.89. The maximum absolute atomic E-state index is 5.38. The van der Waals surface area contributed by atoms with Gasteiger partial charge in [0.05, 0.1) is 5.92 Å². The molecule has 0 bridgehead atoms. The molecule has 4 heteroatoms. The Bertz CT molecular complexity index is 346. The van der Waals surface area contributed by atoms with Gasteiger partial charge in [0.1, 0.15) is 0 Å². The summed E-state index contributed by atoms with van der Waals surface area (Å²) in [6, 6.07) is 0.379. The number of aromatic nitrogens is 2. The van der Waals surface area contributed by atoms with E-state index in [2.05, 4.69) is 36.2 Å². The van der Waals surface area contributed by atoms with Crippen molar-refractivity contribution in [1.29, 1.82) is 0 Å². The highest BCUT2D eigenvalue weighted by Gasteiger charge is 2.27. The van der Waals surface area contributed by atoms with Crippen molar-refractivity contribution in [2.24, 2.45) is 0 Å². The highest BCUT2D eigenvalue weighted by Crippen LogP contribution is 2.35. The summed E-state index contributed by atoms with van der Waals surface area (Å²) in [5.41, 5.74) is 0. The van der Waals surface area contributed by atoms with E-state index >= 15 is 0 Å². The Morgan fingerprint density at radius 3 is 2.76 bits per heavy atom. The van der Waals surface area contributed by atoms with Gasteiger partial charge in [0.25, 0.3) is 0 Å². The molecule has 1 aromatic heterocycles. The number of nitrogens with one attached hydrogen (secondary N) is 1. The summed E-state index contributed by atoms with van der Waals surface area (Å²) in [6.45, 7) is 7.53. The third-order valence-corrected chi connectivity index (χ3v) is 3.78. The molecule has 0 radical (unpaired) electrons. The molecule has 2 unspecified atom stereocenters. The van der Waals surface area contributed by atoms with Crippen LogP contribution in [-0.4, -0.2) is 22.7 Å². The molecule has 2 atom stereocenters. The SMILES string of the molecule is CCCNC(C)C(C)c1nc(C2CCC2)no1. The molecule has 0 spiro atoms. The van der Waals surface area contributed by atoms with Gasteiger partial charge < -0.3 is 9.84 Å². The van der Waals surface area contributed by atoms with Gasteiger partial charge in [-0.25, -0.2) is 0 Å². The van der Waals surface area contributed by atoms with E-state index in [-0.39, 0.29) is 5.92 Å². The molecule has 1 aliphatic rings. The normalized spacial score (nSPS) is 19.9. The van der Waals surface area contributed by atoms with Crippen LogP contribution in [0.3, 0.4) is 0 Å². The van der Waals surface area contributed by atoms with E-state index in [0.29, 0.717) is 12.0 Å². The van der Waals surface area contributed by atoms with Crippen molar-refractivity contribution in [1.82, 2.24) is 15.5 Å². The van der Waals surface area contributed by atoms with Crippen molar-refractivity contribution in [2.45, 2.75) is 64.3 Å². The number of rotatable bonds is 6. The van der Waals surface area contributed by atoms with Crippen LogP contribution in [0.1, 0.15) is 70.0 Å².